The molecular weight excluding hydrogens is 322 g/mol. The monoisotopic (exact) mass is 339 g/mol. The van der Waals surface area contributed by atoms with Crippen LogP contribution in [0.5, 0.6) is 5.75 Å². The quantitative estimate of drug-likeness (QED) is 0.549. The van der Waals surface area contributed by atoms with E-state index in [0.717, 1.165) is 23.3 Å². The van der Waals surface area contributed by atoms with Crippen molar-refractivity contribution in [1.29, 1.82) is 0 Å². The van der Waals surface area contributed by atoms with Crippen LogP contribution < -0.4 is 4.74 Å². The maximum Gasteiger partial charge on any atom is 0.216 e. The van der Waals surface area contributed by atoms with E-state index in [4.69, 9.17) is 17.0 Å². The van der Waals surface area contributed by atoms with Crippen molar-refractivity contribution in [2.24, 2.45) is 5.10 Å². The van der Waals surface area contributed by atoms with E-state index in [2.05, 4.69) is 27.2 Å². The zero-order valence-electron chi connectivity index (χ0n) is 13.2. The molecule has 6 nitrogen and oxygen atoms in total. The smallest absolute Gasteiger partial charge is 0.216 e. The lowest BCUT2D eigenvalue weighted by Crippen LogP contribution is -1.96. The van der Waals surface area contributed by atoms with Crippen LogP contribution in [-0.2, 0) is 0 Å². The molecule has 2 heterocycles. The fourth-order valence-corrected chi connectivity index (χ4v) is 2.25. The Morgan fingerprint density at radius 3 is 2.83 bits per heavy atom. The zero-order chi connectivity index (χ0) is 16.8. The largest absolute Gasteiger partial charge is 0.494 e. The van der Waals surface area contributed by atoms with Gasteiger partial charge in [-0.05, 0) is 60.6 Å². The Morgan fingerprint density at radius 2 is 2.12 bits per heavy atom. The third-order valence-corrected chi connectivity index (χ3v) is 3.51. The fraction of sp³-hybridized carbons (Fsp3) is 0.176. The Balaban J connectivity index is 1.82. The van der Waals surface area contributed by atoms with Crippen molar-refractivity contribution >= 4 is 18.4 Å². The minimum Gasteiger partial charge on any atom is -0.494 e. The minimum atomic E-state index is 0.424. The van der Waals surface area contributed by atoms with Crippen molar-refractivity contribution < 1.29 is 4.74 Å². The number of ether oxygens (including phenoxy) is 1. The minimum absolute atomic E-state index is 0.424. The number of rotatable bonds is 6. The molecule has 0 aliphatic carbocycles. The molecule has 0 amide bonds. The lowest BCUT2D eigenvalue weighted by atomic mass is 10.2. The first-order valence-corrected chi connectivity index (χ1v) is 8.04. The third-order valence-electron chi connectivity index (χ3n) is 3.25. The molecule has 0 saturated carbocycles. The maximum absolute atomic E-state index is 5.57. The Morgan fingerprint density at radius 1 is 1.29 bits per heavy atom. The second kappa shape index (κ2) is 7.65. The van der Waals surface area contributed by atoms with Crippen LogP contribution in [0.15, 0.2) is 53.9 Å². The summed E-state index contributed by atoms with van der Waals surface area (Å²) in [5.74, 6) is 1.47. The summed E-state index contributed by atoms with van der Waals surface area (Å²) in [5.41, 5.74) is 1.78. The van der Waals surface area contributed by atoms with Gasteiger partial charge < -0.3 is 4.74 Å². The second-order valence-electron chi connectivity index (χ2n) is 5.07. The molecule has 122 valence electrons. The van der Waals surface area contributed by atoms with Crippen LogP contribution in [0.2, 0.25) is 0 Å². The summed E-state index contributed by atoms with van der Waals surface area (Å²) in [6.45, 7) is 2.79. The standard InChI is InChI=1S/C17H17N5OS/c1-2-10-23-15-7-5-13(6-8-15)11-19-22-16(20-21-17(22)24)14-4-3-9-18-12-14/h3-9,11-12H,2,10H2,1H3,(H,21,24)/b19-11-. The van der Waals surface area contributed by atoms with E-state index in [1.54, 1.807) is 23.3 Å². The normalized spacial score (nSPS) is 11.0. The summed E-state index contributed by atoms with van der Waals surface area (Å²) in [7, 11) is 0. The number of H-pyrrole nitrogens is 1. The predicted molar refractivity (Wildman–Crippen MR) is 95.9 cm³/mol. The first-order valence-electron chi connectivity index (χ1n) is 7.63. The molecule has 1 aromatic carbocycles. The number of aromatic nitrogens is 4. The third kappa shape index (κ3) is 3.75. The molecule has 0 aliphatic rings. The lowest BCUT2D eigenvalue weighted by Gasteiger charge is -2.04. The Hall–Kier alpha value is -2.80. The first kappa shape index (κ1) is 16.1. The van der Waals surface area contributed by atoms with E-state index in [0.29, 0.717) is 17.2 Å². The van der Waals surface area contributed by atoms with Crippen molar-refractivity contribution in [1.82, 2.24) is 19.9 Å². The Labute approximate surface area is 144 Å². The molecule has 0 aliphatic heterocycles. The molecule has 0 radical (unpaired) electrons. The van der Waals surface area contributed by atoms with Crippen molar-refractivity contribution in [3.05, 3.63) is 59.1 Å². The summed E-state index contributed by atoms with van der Waals surface area (Å²) >= 11 is 5.25. The van der Waals surface area contributed by atoms with E-state index in [1.165, 1.54) is 0 Å². The number of hydrogen-bond donors (Lipinski definition) is 1. The van der Waals surface area contributed by atoms with E-state index < -0.39 is 0 Å². The van der Waals surface area contributed by atoms with E-state index in [-0.39, 0.29) is 0 Å². The van der Waals surface area contributed by atoms with Crippen LogP contribution in [0.25, 0.3) is 11.4 Å². The van der Waals surface area contributed by atoms with E-state index in [1.807, 2.05) is 36.4 Å². The van der Waals surface area contributed by atoms with Gasteiger partial charge in [0.25, 0.3) is 0 Å². The highest BCUT2D eigenvalue weighted by Gasteiger charge is 2.07. The van der Waals surface area contributed by atoms with Crippen LogP contribution in [0.1, 0.15) is 18.9 Å². The molecule has 0 atom stereocenters. The average Bonchev–Trinajstić information content (AvgIpc) is 3.00. The number of nitrogens with zero attached hydrogens (tertiary/aromatic N) is 4. The van der Waals surface area contributed by atoms with Crippen LogP contribution in [0.3, 0.4) is 0 Å². The van der Waals surface area contributed by atoms with Gasteiger partial charge in [0, 0.05) is 18.0 Å². The molecule has 1 N–H and O–H groups in total. The maximum atomic E-state index is 5.57. The SMILES string of the molecule is CCCOc1ccc(/C=N\n2c(-c3cccnc3)n[nH]c2=S)cc1. The Bertz CT molecular complexity index is 868. The van der Waals surface area contributed by atoms with Crippen LogP contribution in [0, 0.1) is 4.77 Å². The van der Waals surface area contributed by atoms with Gasteiger partial charge in [0.15, 0.2) is 5.82 Å². The van der Waals surface area contributed by atoms with Crippen LogP contribution in [-0.4, -0.2) is 32.7 Å². The van der Waals surface area contributed by atoms with Crippen molar-refractivity contribution in [2.45, 2.75) is 13.3 Å². The molecule has 0 spiro atoms. The van der Waals surface area contributed by atoms with Crippen molar-refractivity contribution in [3.8, 4) is 17.1 Å². The number of nitrogens with one attached hydrogen (secondary N) is 1. The summed E-state index contributed by atoms with van der Waals surface area (Å²) < 4.78 is 7.57. The molecule has 3 rings (SSSR count). The van der Waals surface area contributed by atoms with Gasteiger partial charge in [-0.1, -0.05) is 6.92 Å². The summed E-state index contributed by atoms with van der Waals surface area (Å²) in [6, 6.07) is 11.5. The van der Waals surface area contributed by atoms with Gasteiger partial charge in [0.2, 0.25) is 4.77 Å². The highest BCUT2D eigenvalue weighted by molar-refractivity contribution is 7.71. The van der Waals surface area contributed by atoms with Gasteiger partial charge in [-0.3, -0.25) is 4.98 Å². The van der Waals surface area contributed by atoms with Crippen LogP contribution >= 0.6 is 12.2 Å². The number of hydrogen-bond acceptors (Lipinski definition) is 5. The molecule has 24 heavy (non-hydrogen) atoms. The predicted octanol–water partition coefficient (Wildman–Crippen LogP) is 3.67. The van der Waals surface area contributed by atoms with E-state index in [9.17, 15) is 0 Å². The number of pyridine rings is 1. The highest BCUT2D eigenvalue weighted by Crippen LogP contribution is 2.16. The summed E-state index contributed by atoms with van der Waals surface area (Å²) in [4.78, 5) is 4.10. The molecular formula is C17H17N5OS. The Kier molecular flexibility index (Phi) is 5.12. The van der Waals surface area contributed by atoms with Gasteiger partial charge in [0.05, 0.1) is 12.8 Å². The molecule has 7 heteroatoms. The molecule has 0 bridgehead atoms. The van der Waals surface area contributed by atoms with E-state index >= 15 is 0 Å². The molecule has 0 fully saturated rings. The van der Waals surface area contributed by atoms with Gasteiger partial charge in [-0.25, -0.2) is 5.10 Å². The van der Waals surface area contributed by atoms with Gasteiger partial charge in [-0.2, -0.15) is 14.9 Å². The van der Waals surface area contributed by atoms with Crippen molar-refractivity contribution in [2.75, 3.05) is 6.61 Å². The number of aromatic amines is 1. The van der Waals surface area contributed by atoms with Crippen LogP contribution in [0.4, 0.5) is 0 Å². The summed E-state index contributed by atoms with van der Waals surface area (Å²) in [5, 5.41) is 11.4. The second-order valence-corrected chi connectivity index (χ2v) is 5.45. The molecule has 3 aromatic rings. The molecule has 0 saturated heterocycles. The van der Waals surface area contributed by atoms with Gasteiger partial charge >= 0.3 is 0 Å². The topological polar surface area (TPSA) is 68.1 Å². The van der Waals surface area contributed by atoms with Gasteiger partial charge in [0.1, 0.15) is 5.75 Å². The van der Waals surface area contributed by atoms with Crippen molar-refractivity contribution in [3.63, 3.8) is 0 Å². The highest BCUT2D eigenvalue weighted by atomic mass is 32.1. The first-order chi connectivity index (χ1) is 11.8. The lowest BCUT2D eigenvalue weighted by molar-refractivity contribution is 0.317. The average molecular weight is 339 g/mol. The van der Waals surface area contributed by atoms with Gasteiger partial charge in [-0.15, -0.1) is 0 Å². The fourth-order valence-electron chi connectivity index (χ4n) is 2.08. The molecule has 2 aromatic heterocycles. The summed E-state index contributed by atoms with van der Waals surface area (Å²) in [6.07, 6.45) is 6.14. The number of benzene rings is 1. The zero-order valence-corrected chi connectivity index (χ0v) is 14.0. The molecule has 0 unspecified atom stereocenters.